The first-order valence-corrected chi connectivity index (χ1v) is 7.12. The lowest BCUT2D eigenvalue weighted by atomic mass is 10.1. The molecule has 0 atom stereocenters. The van der Waals surface area contributed by atoms with Gasteiger partial charge in [-0.05, 0) is 35.4 Å². The minimum atomic E-state index is -0.469. The van der Waals surface area contributed by atoms with E-state index in [-0.39, 0.29) is 13.0 Å². The molecule has 0 saturated carbocycles. The van der Waals surface area contributed by atoms with Crippen LogP contribution in [0.3, 0.4) is 0 Å². The number of nitrogens with two attached hydrogens (primary N) is 1. The van der Waals surface area contributed by atoms with Gasteiger partial charge in [0.1, 0.15) is 5.75 Å². The number of carbonyl (C=O) groups excluding carboxylic acids is 1. The summed E-state index contributed by atoms with van der Waals surface area (Å²) in [5.74, 6) is 5.09. The number of nitrogens with one attached hydrogen (secondary N) is 1. The van der Waals surface area contributed by atoms with Crippen LogP contribution in [0.25, 0.3) is 11.1 Å². The summed E-state index contributed by atoms with van der Waals surface area (Å²) in [4.78, 5) is 15.4. The van der Waals surface area contributed by atoms with Crippen LogP contribution in [0.2, 0.25) is 0 Å². The summed E-state index contributed by atoms with van der Waals surface area (Å²) in [6.45, 7) is 0.234. The van der Waals surface area contributed by atoms with Crippen LogP contribution in [0, 0.1) is 0 Å². The molecule has 110 valence electrons. The minimum absolute atomic E-state index is 0.124. The third kappa shape index (κ3) is 4.86. The molecule has 6 heteroatoms. The highest BCUT2D eigenvalue weighted by molar-refractivity contribution is 9.10. The molecule has 0 spiro atoms. The van der Waals surface area contributed by atoms with Crippen molar-refractivity contribution in [3.8, 4) is 16.9 Å². The third-order valence-electron chi connectivity index (χ3n) is 2.78. The monoisotopic (exact) mass is 350 g/mol. The Morgan fingerprint density at radius 3 is 2.19 bits per heavy atom. The van der Waals surface area contributed by atoms with E-state index in [1.54, 1.807) is 0 Å². The molecule has 0 aliphatic rings. The Balaban J connectivity index is 1.90. The summed E-state index contributed by atoms with van der Waals surface area (Å²) in [6.07, 6.45) is 0.124. The molecule has 0 bridgehead atoms. The molecule has 0 heterocycles. The van der Waals surface area contributed by atoms with Crippen LogP contribution in [0.15, 0.2) is 53.0 Å². The standard InChI is InChI=1S/C15H15BrN2O3/c16-13-5-1-11(2-6-13)12-3-7-14(8-4-12)20-10-9-15(19)21-18-17/h1-8,18H,9-10,17H2. The molecule has 2 aromatic rings. The number of benzene rings is 2. The van der Waals surface area contributed by atoms with E-state index < -0.39 is 5.97 Å². The summed E-state index contributed by atoms with van der Waals surface area (Å²) in [6, 6.07) is 15.7. The average Bonchev–Trinajstić information content (AvgIpc) is 2.49. The van der Waals surface area contributed by atoms with Crippen LogP contribution >= 0.6 is 15.9 Å². The van der Waals surface area contributed by atoms with E-state index >= 15 is 0 Å². The highest BCUT2D eigenvalue weighted by Crippen LogP contribution is 2.24. The molecule has 0 saturated heterocycles. The van der Waals surface area contributed by atoms with E-state index in [4.69, 9.17) is 10.6 Å². The van der Waals surface area contributed by atoms with Gasteiger partial charge in [-0.3, -0.25) is 4.79 Å². The molecule has 2 rings (SSSR count). The maximum atomic E-state index is 11.1. The Bertz CT molecular complexity index is 585. The topological polar surface area (TPSA) is 73.6 Å². The van der Waals surface area contributed by atoms with Crippen LogP contribution < -0.4 is 16.2 Å². The predicted octanol–water partition coefficient (Wildman–Crippen LogP) is 2.81. The summed E-state index contributed by atoms with van der Waals surface area (Å²) in [5, 5.41) is 0. The molecule has 0 unspecified atom stereocenters. The molecular weight excluding hydrogens is 336 g/mol. The Labute approximate surface area is 131 Å². The first-order valence-electron chi connectivity index (χ1n) is 6.33. The summed E-state index contributed by atoms with van der Waals surface area (Å²) in [7, 11) is 0. The highest BCUT2D eigenvalue weighted by Gasteiger charge is 2.03. The van der Waals surface area contributed by atoms with Crippen LogP contribution in [0.4, 0.5) is 0 Å². The van der Waals surface area contributed by atoms with Crippen molar-refractivity contribution in [1.82, 2.24) is 5.59 Å². The normalized spacial score (nSPS) is 10.2. The van der Waals surface area contributed by atoms with Crippen LogP contribution in [0.1, 0.15) is 6.42 Å². The van der Waals surface area contributed by atoms with Crippen molar-refractivity contribution in [3.05, 3.63) is 53.0 Å². The second kappa shape index (κ2) is 7.78. The molecular formula is C15H15BrN2O3. The molecule has 0 fully saturated rings. The molecule has 0 amide bonds. The number of hydrazine groups is 1. The number of hydrogen-bond donors (Lipinski definition) is 2. The number of rotatable bonds is 6. The number of ether oxygens (including phenoxy) is 1. The summed E-state index contributed by atoms with van der Waals surface area (Å²) in [5.41, 5.74) is 4.06. The summed E-state index contributed by atoms with van der Waals surface area (Å²) >= 11 is 3.41. The van der Waals surface area contributed by atoms with Gasteiger partial charge >= 0.3 is 5.97 Å². The van der Waals surface area contributed by atoms with Crippen molar-refractivity contribution >= 4 is 21.9 Å². The fraction of sp³-hybridized carbons (Fsp3) is 0.133. The second-order valence-corrected chi connectivity index (χ2v) is 5.14. The van der Waals surface area contributed by atoms with Gasteiger partial charge in [-0.15, -0.1) is 0 Å². The summed E-state index contributed by atoms with van der Waals surface area (Å²) < 4.78 is 6.50. The van der Waals surface area contributed by atoms with Gasteiger partial charge in [-0.2, -0.15) is 0 Å². The molecule has 2 aromatic carbocycles. The van der Waals surface area contributed by atoms with Crippen molar-refractivity contribution in [3.63, 3.8) is 0 Å². The lowest BCUT2D eigenvalue weighted by Gasteiger charge is -2.07. The largest absolute Gasteiger partial charge is 0.493 e. The maximum absolute atomic E-state index is 11.1. The van der Waals surface area contributed by atoms with Crippen molar-refractivity contribution in [1.29, 1.82) is 0 Å². The molecule has 21 heavy (non-hydrogen) atoms. The Kier molecular flexibility index (Phi) is 5.74. The highest BCUT2D eigenvalue weighted by atomic mass is 79.9. The van der Waals surface area contributed by atoms with Gasteiger partial charge in [0.05, 0.1) is 13.0 Å². The van der Waals surface area contributed by atoms with E-state index in [0.717, 1.165) is 15.6 Å². The van der Waals surface area contributed by atoms with E-state index in [9.17, 15) is 4.79 Å². The van der Waals surface area contributed by atoms with Gasteiger partial charge in [0.15, 0.2) is 0 Å². The number of halogens is 1. The zero-order valence-electron chi connectivity index (χ0n) is 11.2. The number of hydrogen-bond acceptors (Lipinski definition) is 5. The van der Waals surface area contributed by atoms with Crippen LogP contribution in [-0.4, -0.2) is 12.6 Å². The van der Waals surface area contributed by atoms with Gasteiger partial charge < -0.3 is 9.57 Å². The van der Waals surface area contributed by atoms with Crippen LogP contribution in [-0.2, 0) is 9.63 Å². The minimum Gasteiger partial charge on any atom is -0.493 e. The average molecular weight is 351 g/mol. The van der Waals surface area contributed by atoms with E-state index in [1.807, 2.05) is 54.1 Å². The molecule has 5 nitrogen and oxygen atoms in total. The van der Waals surface area contributed by atoms with Crippen molar-refractivity contribution in [2.45, 2.75) is 6.42 Å². The fourth-order valence-corrected chi connectivity index (χ4v) is 2.02. The van der Waals surface area contributed by atoms with Crippen molar-refractivity contribution in [2.75, 3.05) is 6.61 Å². The zero-order chi connectivity index (χ0) is 15.1. The van der Waals surface area contributed by atoms with Gasteiger partial charge in [0.25, 0.3) is 0 Å². The quantitative estimate of drug-likeness (QED) is 0.619. The smallest absolute Gasteiger partial charge is 0.329 e. The van der Waals surface area contributed by atoms with Gasteiger partial charge in [0, 0.05) is 4.47 Å². The zero-order valence-corrected chi connectivity index (χ0v) is 12.8. The first kappa shape index (κ1) is 15.5. The lowest BCUT2D eigenvalue weighted by molar-refractivity contribution is -0.151. The van der Waals surface area contributed by atoms with Gasteiger partial charge in [0.2, 0.25) is 0 Å². The van der Waals surface area contributed by atoms with Gasteiger partial charge in [-0.25, -0.2) is 5.84 Å². The molecule has 3 N–H and O–H groups in total. The Morgan fingerprint density at radius 2 is 1.62 bits per heavy atom. The predicted molar refractivity (Wildman–Crippen MR) is 83.1 cm³/mol. The lowest BCUT2D eigenvalue weighted by Crippen LogP contribution is -2.26. The first-order chi connectivity index (χ1) is 10.2. The third-order valence-corrected chi connectivity index (χ3v) is 3.31. The van der Waals surface area contributed by atoms with E-state index in [2.05, 4.69) is 20.8 Å². The molecule has 0 aliphatic carbocycles. The Hall–Kier alpha value is -1.89. The number of carbonyl (C=O) groups is 1. The molecule has 0 aromatic heterocycles. The van der Waals surface area contributed by atoms with E-state index in [1.165, 1.54) is 0 Å². The SMILES string of the molecule is NNOC(=O)CCOc1ccc(-c2ccc(Br)cc2)cc1. The van der Waals surface area contributed by atoms with Crippen molar-refractivity contribution in [2.24, 2.45) is 5.84 Å². The van der Waals surface area contributed by atoms with Gasteiger partial charge in [-0.1, -0.05) is 45.8 Å². The second-order valence-electron chi connectivity index (χ2n) is 4.22. The van der Waals surface area contributed by atoms with Crippen molar-refractivity contribution < 1.29 is 14.4 Å². The van der Waals surface area contributed by atoms with E-state index in [0.29, 0.717) is 5.75 Å². The molecule has 0 aliphatic heterocycles. The van der Waals surface area contributed by atoms with Crippen LogP contribution in [0.5, 0.6) is 5.75 Å². The molecule has 0 radical (unpaired) electrons. The maximum Gasteiger partial charge on any atom is 0.329 e. The Morgan fingerprint density at radius 1 is 1.05 bits per heavy atom. The fourth-order valence-electron chi connectivity index (χ4n) is 1.75.